The number of aliphatic hydroxyl groups excluding tert-OH is 1. The van der Waals surface area contributed by atoms with E-state index in [2.05, 4.69) is 0 Å². The maximum atomic E-state index is 14.1. The number of para-hydroxylation sites is 1. The molecule has 1 saturated heterocycles. The maximum absolute atomic E-state index is 14.1. The lowest BCUT2D eigenvalue weighted by Gasteiger charge is -2.38. The second-order valence-electron chi connectivity index (χ2n) is 11.1. The fraction of sp³-hybridized carbons (Fsp3) is 0.647. The third-order valence-corrected chi connectivity index (χ3v) is 7.99. The van der Waals surface area contributed by atoms with Gasteiger partial charge in [-0.25, -0.2) is 0 Å². The Labute approximate surface area is 276 Å². The molecule has 47 heavy (non-hydrogen) atoms. The fourth-order valence-corrected chi connectivity index (χ4v) is 5.71. The Morgan fingerprint density at radius 2 is 1.49 bits per heavy atom. The van der Waals surface area contributed by atoms with Gasteiger partial charge in [-0.2, -0.15) is 0 Å². The minimum atomic E-state index is -0.743. The molecule has 1 fully saturated rings. The van der Waals surface area contributed by atoms with Crippen molar-refractivity contribution in [3.8, 4) is 0 Å². The topological polar surface area (TPSA) is 136 Å². The third kappa shape index (κ3) is 11.1. The van der Waals surface area contributed by atoms with E-state index in [-0.39, 0.29) is 42.6 Å². The number of aliphatic hydroxyl groups is 1. The van der Waals surface area contributed by atoms with Crippen molar-refractivity contribution in [2.24, 2.45) is 5.92 Å². The van der Waals surface area contributed by atoms with Gasteiger partial charge in [-0.3, -0.25) is 14.2 Å². The van der Waals surface area contributed by atoms with Gasteiger partial charge in [0.25, 0.3) is 5.91 Å². The molecule has 1 aromatic heterocycles. The van der Waals surface area contributed by atoms with Crippen LogP contribution in [-0.4, -0.2) is 138 Å². The van der Waals surface area contributed by atoms with E-state index < -0.39 is 6.29 Å². The van der Waals surface area contributed by atoms with Crippen LogP contribution in [0.4, 0.5) is 0 Å². The highest BCUT2D eigenvalue weighted by Gasteiger charge is 2.40. The highest BCUT2D eigenvalue weighted by atomic mass is 16.7. The van der Waals surface area contributed by atoms with Gasteiger partial charge in [-0.1, -0.05) is 18.2 Å². The smallest absolute Gasteiger partial charge is 0.288 e. The van der Waals surface area contributed by atoms with Gasteiger partial charge in [0.15, 0.2) is 5.76 Å². The predicted molar refractivity (Wildman–Crippen MR) is 172 cm³/mol. The number of ether oxygens (including phenoxy) is 8. The van der Waals surface area contributed by atoms with Crippen molar-refractivity contribution >= 4 is 22.7 Å². The molecule has 0 radical (unpaired) electrons. The Morgan fingerprint density at radius 1 is 0.872 bits per heavy atom. The maximum Gasteiger partial charge on any atom is 0.288 e. The quantitative estimate of drug-likeness (QED) is 0.336. The summed E-state index contributed by atoms with van der Waals surface area (Å²) in [7, 11) is 0. The van der Waals surface area contributed by atoms with Gasteiger partial charge in [0, 0.05) is 56.6 Å². The van der Waals surface area contributed by atoms with Crippen molar-refractivity contribution in [3.63, 3.8) is 0 Å². The second kappa shape index (κ2) is 20.5. The number of amides is 1. The number of allylic oxidation sites excluding steroid dienone is 1. The van der Waals surface area contributed by atoms with Crippen molar-refractivity contribution in [2.45, 2.75) is 32.5 Å². The second-order valence-corrected chi connectivity index (χ2v) is 11.1. The number of rotatable bonds is 12. The van der Waals surface area contributed by atoms with Crippen LogP contribution in [0.1, 0.15) is 36.5 Å². The highest BCUT2D eigenvalue weighted by Crippen LogP contribution is 2.42. The van der Waals surface area contributed by atoms with Crippen LogP contribution >= 0.6 is 0 Å². The van der Waals surface area contributed by atoms with Crippen LogP contribution in [0.25, 0.3) is 10.9 Å². The Hall–Kier alpha value is -2.88. The molecule has 13 nitrogen and oxygen atoms in total. The molecule has 1 N–H and O–H groups in total. The number of aromatic nitrogens is 1. The van der Waals surface area contributed by atoms with Crippen LogP contribution in [0, 0.1) is 5.92 Å². The number of carbonyl (C=O) groups is 2. The van der Waals surface area contributed by atoms with Gasteiger partial charge in [-0.05, 0) is 31.1 Å². The molecular weight excluding hydrogens is 612 g/mol. The zero-order valence-corrected chi connectivity index (χ0v) is 27.6. The average Bonchev–Trinajstić information content (AvgIpc) is 3.46. The summed E-state index contributed by atoms with van der Waals surface area (Å²) in [5.74, 6) is -0.793. The number of hydrogen-bond acceptors (Lipinski definition) is 11. The Morgan fingerprint density at radius 3 is 2.11 bits per heavy atom. The normalized spacial score (nSPS) is 22.2. The minimum absolute atomic E-state index is 0.0419. The SMILES string of the molecule is CCO[C@H]1OC(C(=O)N2CCOCCOCCOCCOCC2)=C[C@@H](c2cn(C(C)=O)c3ccccc23)[C@H]1CCOCCOCCO. The number of carbonyl (C=O) groups excluding carboxylic acids is 2. The standard InChI is InChI=1S/C34H50N2O11/c1-3-46-34-28(8-12-40-16-19-43-15-11-37)29(30-25-36(26(2)38)31-7-5-4-6-27(30)31)24-32(47-34)33(39)35-9-13-41-17-20-44-22-23-45-21-18-42-14-10-35/h4-7,24-25,28-29,34,37H,3,8-23H2,1-2H3/t28-,29-,34+/m1/s1. The predicted octanol–water partition coefficient (Wildman–Crippen LogP) is 2.60. The number of benzene rings is 1. The van der Waals surface area contributed by atoms with E-state index in [9.17, 15) is 9.59 Å². The minimum Gasteiger partial charge on any atom is -0.459 e. The van der Waals surface area contributed by atoms with E-state index in [0.29, 0.717) is 98.8 Å². The number of fused-ring (bicyclic) bond motifs is 1. The van der Waals surface area contributed by atoms with Gasteiger partial charge >= 0.3 is 0 Å². The molecule has 3 heterocycles. The molecule has 2 aliphatic rings. The molecule has 4 rings (SSSR count). The lowest BCUT2D eigenvalue weighted by Crippen LogP contribution is -2.43. The van der Waals surface area contributed by atoms with E-state index >= 15 is 0 Å². The first-order valence-corrected chi connectivity index (χ1v) is 16.5. The summed E-state index contributed by atoms with van der Waals surface area (Å²) in [6, 6.07) is 7.74. The molecule has 2 aromatic rings. The molecule has 0 spiro atoms. The Bertz CT molecular complexity index is 1250. The summed E-state index contributed by atoms with van der Waals surface area (Å²) in [5.41, 5.74) is 1.69. The molecule has 1 aromatic carbocycles. The molecule has 0 unspecified atom stereocenters. The summed E-state index contributed by atoms with van der Waals surface area (Å²) in [6.45, 7) is 9.12. The van der Waals surface area contributed by atoms with Crippen molar-refractivity contribution in [3.05, 3.63) is 47.9 Å². The molecule has 0 saturated carbocycles. The summed E-state index contributed by atoms with van der Waals surface area (Å²) in [4.78, 5) is 28.5. The van der Waals surface area contributed by atoms with Crippen LogP contribution < -0.4 is 0 Å². The Kier molecular flexibility index (Phi) is 16.1. The largest absolute Gasteiger partial charge is 0.459 e. The summed E-state index contributed by atoms with van der Waals surface area (Å²) in [5, 5.41) is 9.85. The van der Waals surface area contributed by atoms with E-state index in [1.54, 1.807) is 9.47 Å². The van der Waals surface area contributed by atoms with Gasteiger partial charge in [0.1, 0.15) is 0 Å². The van der Waals surface area contributed by atoms with E-state index in [0.717, 1.165) is 16.5 Å². The molecule has 0 bridgehead atoms. The summed E-state index contributed by atoms with van der Waals surface area (Å²) >= 11 is 0. The lowest BCUT2D eigenvalue weighted by molar-refractivity contribution is -0.172. The summed E-state index contributed by atoms with van der Waals surface area (Å²) in [6.07, 6.45) is 3.53. The van der Waals surface area contributed by atoms with Crippen LogP contribution in [0.2, 0.25) is 0 Å². The van der Waals surface area contributed by atoms with Gasteiger partial charge in [0.2, 0.25) is 12.2 Å². The van der Waals surface area contributed by atoms with Crippen molar-refractivity contribution in [2.75, 3.05) is 106 Å². The average molecular weight is 663 g/mol. The highest BCUT2D eigenvalue weighted by molar-refractivity contribution is 5.95. The molecule has 2 aliphatic heterocycles. The molecule has 0 aliphatic carbocycles. The first-order chi connectivity index (χ1) is 23.0. The first-order valence-electron chi connectivity index (χ1n) is 16.5. The first kappa shape index (κ1) is 36.9. The third-order valence-electron chi connectivity index (χ3n) is 7.99. The van der Waals surface area contributed by atoms with Crippen LogP contribution in [0.5, 0.6) is 0 Å². The van der Waals surface area contributed by atoms with Crippen LogP contribution in [0.15, 0.2) is 42.3 Å². The van der Waals surface area contributed by atoms with Gasteiger partial charge < -0.3 is 47.9 Å². The Balaban J connectivity index is 1.62. The van der Waals surface area contributed by atoms with Gasteiger partial charge in [0.05, 0.1) is 84.8 Å². The lowest BCUT2D eigenvalue weighted by atomic mass is 9.81. The summed E-state index contributed by atoms with van der Waals surface area (Å²) < 4.78 is 47.9. The van der Waals surface area contributed by atoms with Crippen LogP contribution in [0.3, 0.4) is 0 Å². The van der Waals surface area contributed by atoms with Crippen LogP contribution in [-0.2, 0) is 42.7 Å². The fourth-order valence-electron chi connectivity index (χ4n) is 5.71. The molecule has 262 valence electrons. The zero-order valence-electron chi connectivity index (χ0n) is 27.6. The van der Waals surface area contributed by atoms with Crippen molar-refractivity contribution < 1.29 is 52.6 Å². The molecule has 3 atom stereocenters. The molecular formula is C34H50N2O11. The molecule has 1 amide bonds. The van der Waals surface area contributed by atoms with E-state index in [4.69, 9.17) is 43.0 Å². The van der Waals surface area contributed by atoms with E-state index in [1.807, 2.05) is 43.5 Å². The monoisotopic (exact) mass is 662 g/mol. The zero-order chi connectivity index (χ0) is 33.3. The number of nitrogens with zero attached hydrogens (tertiary/aromatic N) is 2. The molecule has 13 heteroatoms. The van der Waals surface area contributed by atoms with Crippen molar-refractivity contribution in [1.82, 2.24) is 9.47 Å². The van der Waals surface area contributed by atoms with Gasteiger partial charge in [-0.15, -0.1) is 0 Å². The van der Waals surface area contributed by atoms with Crippen molar-refractivity contribution in [1.29, 1.82) is 0 Å². The van der Waals surface area contributed by atoms with E-state index in [1.165, 1.54) is 6.92 Å². The number of hydrogen-bond donors (Lipinski definition) is 1.